The van der Waals surface area contributed by atoms with Gasteiger partial charge in [-0.25, -0.2) is 0 Å². The molecule has 2 nitrogen and oxygen atoms in total. The Kier molecular flexibility index (Phi) is 5.38. The first kappa shape index (κ1) is 11.8. The third kappa shape index (κ3) is 3.48. The van der Waals surface area contributed by atoms with E-state index in [0.717, 1.165) is 19.4 Å². The third-order valence-electron chi connectivity index (χ3n) is 2.34. The molecular formula is C9H20N2S. The van der Waals surface area contributed by atoms with Crippen LogP contribution in [0.2, 0.25) is 0 Å². The van der Waals surface area contributed by atoms with Crippen LogP contribution in [0.25, 0.3) is 0 Å². The molecule has 0 spiro atoms. The van der Waals surface area contributed by atoms with Gasteiger partial charge in [-0.1, -0.05) is 13.8 Å². The fraction of sp³-hybridized carbons (Fsp3) is 0.889. The van der Waals surface area contributed by atoms with E-state index in [1.165, 1.54) is 0 Å². The first-order valence-electron chi connectivity index (χ1n) is 4.42. The van der Waals surface area contributed by atoms with Crippen LogP contribution in [0.4, 0.5) is 0 Å². The minimum Gasteiger partial charge on any atom is -0.388 e. The van der Waals surface area contributed by atoms with Crippen molar-refractivity contribution in [2.75, 3.05) is 12.8 Å². The first-order valence-corrected chi connectivity index (χ1v) is 5.64. The lowest BCUT2D eigenvalue weighted by Crippen LogP contribution is -2.27. The molecule has 0 bridgehead atoms. The fourth-order valence-electron chi connectivity index (χ4n) is 1.10. The van der Waals surface area contributed by atoms with Crippen LogP contribution in [0.1, 0.15) is 33.6 Å². The molecule has 0 saturated carbocycles. The molecule has 3 heteroatoms. The molecule has 0 aromatic carbocycles. The second kappa shape index (κ2) is 5.46. The van der Waals surface area contributed by atoms with Gasteiger partial charge in [0.25, 0.3) is 0 Å². The molecule has 0 unspecified atom stereocenters. The Morgan fingerprint density at radius 3 is 2.17 bits per heavy atom. The Hall–Kier alpha value is -0.180. The highest BCUT2D eigenvalue weighted by molar-refractivity contribution is 8.00. The van der Waals surface area contributed by atoms with Crippen molar-refractivity contribution in [2.24, 2.45) is 10.7 Å². The summed E-state index contributed by atoms with van der Waals surface area (Å²) in [7, 11) is 0. The van der Waals surface area contributed by atoms with Gasteiger partial charge < -0.3 is 5.73 Å². The fourth-order valence-corrected chi connectivity index (χ4v) is 1.87. The molecule has 0 aliphatic carbocycles. The molecule has 12 heavy (non-hydrogen) atoms. The lowest BCUT2D eigenvalue weighted by Gasteiger charge is -2.27. The van der Waals surface area contributed by atoms with Gasteiger partial charge in [0.05, 0.1) is 12.4 Å². The molecule has 0 radical (unpaired) electrons. The van der Waals surface area contributed by atoms with Crippen LogP contribution in [-0.2, 0) is 0 Å². The summed E-state index contributed by atoms with van der Waals surface area (Å²) < 4.78 is 0.306. The van der Waals surface area contributed by atoms with E-state index >= 15 is 0 Å². The molecule has 0 aromatic heterocycles. The van der Waals surface area contributed by atoms with Gasteiger partial charge in [-0.05, 0) is 26.0 Å². The summed E-state index contributed by atoms with van der Waals surface area (Å²) in [5.74, 6) is 0.690. The van der Waals surface area contributed by atoms with Crippen LogP contribution in [0.3, 0.4) is 0 Å². The Bertz CT molecular complexity index is 138. The number of amidine groups is 1. The van der Waals surface area contributed by atoms with Crippen LogP contribution in [0.15, 0.2) is 4.99 Å². The Morgan fingerprint density at radius 1 is 1.42 bits per heavy atom. The van der Waals surface area contributed by atoms with Gasteiger partial charge in [0.15, 0.2) is 0 Å². The van der Waals surface area contributed by atoms with Crippen molar-refractivity contribution in [1.82, 2.24) is 0 Å². The van der Waals surface area contributed by atoms with E-state index in [-0.39, 0.29) is 0 Å². The van der Waals surface area contributed by atoms with Gasteiger partial charge in [-0.15, -0.1) is 0 Å². The summed E-state index contributed by atoms with van der Waals surface area (Å²) in [6.07, 6.45) is 4.46. The molecule has 0 aliphatic heterocycles. The molecular weight excluding hydrogens is 168 g/mol. The number of hydrogen-bond donors (Lipinski definition) is 1. The highest BCUT2D eigenvalue weighted by Gasteiger charge is 2.23. The van der Waals surface area contributed by atoms with Crippen molar-refractivity contribution < 1.29 is 0 Å². The van der Waals surface area contributed by atoms with Crippen LogP contribution >= 0.6 is 11.8 Å². The van der Waals surface area contributed by atoms with Gasteiger partial charge in [-0.2, -0.15) is 11.8 Å². The van der Waals surface area contributed by atoms with Gasteiger partial charge in [0, 0.05) is 4.75 Å². The number of rotatable bonds is 5. The molecule has 0 heterocycles. The van der Waals surface area contributed by atoms with Gasteiger partial charge in [-0.3, -0.25) is 4.99 Å². The van der Waals surface area contributed by atoms with Crippen LogP contribution in [0, 0.1) is 0 Å². The third-order valence-corrected chi connectivity index (χ3v) is 3.91. The zero-order valence-electron chi connectivity index (χ0n) is 8.55. The molecule has 0 saturated heterocycles. The van der Waals surface area contributed by atoms with Crippen LogP contribution in [0.5, 0.6) is 0 Å². The number of nitrogens with two attached hydrogens (primary N) is 1. The smallest absolute Gasteiger partial charge is 0.0906 e. The summed E-state index contributed by atoms with van der Waals surface area (Å²) in [4.78, 5) is 4.28. The predicted octanol–water partition coefficient (Wildman–Crippen LogP) is 2.29. The first-order chi connectivity index (χ1) is 5.60. The maximum atomic E-state index is 5.50. The number of hydrogen-bond acceptors (Lipinski definition) is 2. The van der Waals surface area contributed by atoms with Crippen molar-refractivity contribution in [3.63, 3.8) is 0 Å². The van der Waals surface area contributed by atoms with E-state index in [4.69, 9.17) is 5.73 Å². The van der Waals surface area contributed by atoms with E-state index in [0.29, 0.717) is 10.6 Å². The molecule has 0 rings (SSSR count). The molecule has 72 valence electrons. The predicted molar refractivity (Wildman–Crippen MR) is 59.0 cm³/mol. The average Bonchev–Trinajstić information content (AvgIpc) is 2.08. The average molecular weight is 188 g/mol. The van der Waals surface area contributed by atoms with Crippen molar-refractivity contribution in [3.8, 4) is 0 Å². The standard InChI is InChI=1S/C9H20N2S/c1-5-9(6-2,12-4)7-11-8(3)10/h5-7H2,1-4H3,(H2,10,11). The molecule has 0 amide bonds. The van der Waals surface area contributed by atoms with Crippen molar-refractivity contribution >= 4 is 17.6 Å². The lowest BCUT2D eigenvalue weighted by molar-refractivity contribution is 0.560. The molecule has 0 aliphatic rings. The Balaban J connectivity index is 4.20. The normalized spacial score (nSPS) is 13.5. The summed E-state index contributed by atoms with van der Waals surface area (Å²) in [6, 6.07) is 0. The number of nitrogens with zero attached hydrogens (tertiary/aromatic N) is 1. The van der Waals surface area contributed by atoms with E-state index in [2.05, 4.69) is 25.1 Å². The summed E-state index contributed by atoms with van der Waals surface area (Å²) in [6.45, 7) is 7.11. The van der Waals surface area contributed by atoms with Crippen molar-refractivity contribution in [2.45, 2.75) is 38.4 Å². The van der Waals surface area contributed by atoms with Crippen molar-refractivity contribution in [3.05, 3.63) is 0 Å². The maximum absolute atomic E-state index is 5.50. The summed E-state index contributed by atoms with van der Waals surface area (Å²) in [5.41, 5.74) is 5.50. The highest BCUT2D eigenvalue weighted by atomic mass is 32.2. The monoisotopic (exact) mass is 188 g/mol. The SMILES string of the molecule is CCC(CC)(CN=C(C)N)SC. The van der Waals surface area contributed by atoms with E-state index in [1.54, 1.807) is 0 Å². The Morgan fingerprint density at radius 2 is 1.92 bits per heavy atom. The Labute approximate surface area is 80.0 Å². The molecule has 2 N–H and O–H groups in total. The maximum Gasteiger partial charge on any atom is 0.0906 e. The molecule has 0 atom stereocenters. The molecule has 0 fully saturated rings. The van der Waals surface area contributed by atoms with E-state index in [1.807, 2.05) is 18.7 Å². The summed E-state index contributed by atoms with van der Waals surface area (Å²) in [5, 5.41) is 0. The number of aliphatic imine (C=N–C) groups is 1. The van der Waals surface area contributed by atoms with Crippen LogP contribution in [-0.4, -0.2) is 23.4 Å². The van der Waals surface area contributed by atoms with E-state index in [9.17, 15) is 0 Å². The van der Waals surface area contributed by atoms with E-state index < -0.39 is 0 Å². The van der Waals surface area contributed by atoms with Crippen LogP contribution < -0.4 is 5.73 Å². The lowest BCUT2D eigenvalue weighted by atomic mass is 10.0. The largest absolute Gasteiger partial charge is 0.388 e. The van der Waals surface area contributed by atoms with Gasteiger partial charge >= 0.3 is 0 Å². The topological polar surface area (TPSA) is 38.4 Å². The zero-order valence-corrected chi connectivity index (χ0v) is 9.37. The highest BCUT2D eigenvalue weighted by Crippen LogP contribution is 2.30. The summed E-state index contributed by atoms with van der Waals surface area (Å²) >= 11 is 1.90. The quantitative estimate of drug-likeness (QED) is 0.531. The minimum atomic E-state index is 0.306. The second-order valence-corrected chi connectivity index (χ2v) is 4.33. The second-order valence-electron chi connectivity index (χ2n) is 3.05. The number of thioether (sulfide) groups is 1. The minimum absolute atomic E-state index is 0.306. The van der Waals surface area contributed by atoms with Gasteiger partial charge in [0.2, 0.25) is 0 Å². The zero-order chi connectivity index (χ0) is 9.61. The molecule has 0 aromatic rings. The van der Waals surface area contributed by atoms with Crippen molar-refractivity contribution in [1.29, 1.82) is 0 Å². The van der Waals surface area contributed by atoms with Gasteiger partial charge in [0.1, 0.15) is 0 Å².